The van der Waals surface area contributed by atoms with Crippen molar-refractivity contribution in [2.75, 3.05) is 39.5 Å². The monoisotopic (exact) mass is 598 g/mol. The van der Waals surface area contributed by atoms with E-state index >= 15 is 0 Å². The van der Waals surface area contributed by atoms with Crippen LogP contribution >= 0.6 is 11.6 Å². The van der Waals surface area contributed by atoms with Crippen molar-refractivity contribution in [2.24, 2.45) is 5.92 Å². The second kappa shape index (κ2) is 13.3. The number of carbonyl (C=O) groups is 1. The lowest BCUT2D eigenvalue weighted by molar-refractivity contribution is -0.0333. The molecule has 0 spiro atoms. The maximum Gasteiger partial charge on any atom is 0.410 e. The van der Waals surface area contributed by atoms with Gasteiger partial charge in [-0.25, -0.2) is 9.78 Å². The number of ether oxygens (including phenoxy) is 3. The first-order chi connectivity index (χ1) is 20.1. The van der Waals surface area contributed by atoms with Crippen molar-refractivity contribution < 1.29 is 24.1 Å². The number of carbonyl (C=O) groups excluding carboxylic acids is 1. The van der Waals surface area contributed by atoms with Crippen molar-refractivity contribution in [1.82, 2.24) is 20.2 Å². The molecular formula is C32H43ClN4O5. The Morgan fingerprint density at radius 1 is 1.21 bits per heavy atom. The summed E-state index contributed by atoms with van der Waals surface area (Å²) in [4.78, 5) is 22.9. The van der Waals surface area contributed by atoms with Crippen LogP contribution in [0.15, 0.2) is 30.6 Å². The van der Waals surface area contributed by atoms with Crippen molar-refractivity contribution >= 4 is 28.7 Å². The molecule has 1 amide bonds. The number of halogens is 1. The lowest BCUT2D eigenvalue weighted by Gasteiger charge is -2.38. The van der Waals surface area contributed by atoms with Crippen LogP contribution in [0, 0.1) is 5.92 Å². The smallest absolute Gasteiger partial charge is 0.410 e. The van der Waals surface area contributed by atoms with Gasteiger partial charge in [0, 0.05) is 55.6 Å². The first-order valence-corrected chi connectivity index (χ1v) is 15.4. The molecule has 0 aliphatic carbocycles. The number of aromatic nitrogens is 2. The van der Waals surface area contributed by atoms with Gasteiger partial charge in [-0.2, -0.15) is 0 Å². The van der Waals surface area contributed by atoms with Gasteiger partial charge in [0.2, 0.25) is 0 Å². The predicted octanol–water partition coefficient (Wildman–Crippen LogP) is 5.63. The van der Waals surface area contributed by atoms with Crippen molar-refractivity contribution in [1.29, 1.82) is 0 Å². The highest BCUT2D eigenvalue weighted by Gasteiger charge is 2.34. The van der Waals surface area contributed by atoms with E-state index in [9.17, 15) is 9.90 Å². The fourth-order valence-corrected chi connectivity index (χ4v) is 6.11. The number of nitrogens with zero attached hydrogens (tertiary/aromatic N) is 2. The molecule has 4 heterocycles. The second-order valence-electron chi connectivity index (χ2n) is 12.2. The summed E-state index contributed by atoms with van der Waals surface area (Å²) in [5.74, 6) is 0.184. The van der Waals surface area contributed by atoms with Crippen LogP contribution in [-0.2, 0) is 27.1 Å². The van der Waals surface area contributed by atoms with Gasteiger partial charge < -0.3 is 24.3 Å². The molecule has 2 fully saturated rings. The molecule has 0 radical (unpaired) electrons. The summed E-state index contributed by atoms with van der Waals surface area (Å²) in [6.07, 6.45) is 5.86. The van der Waals surface area contributed by atoms with E-state index in [1.54, 1.807) is 11.1 Å². The van der Waals surface area contributed by atoms with Crippen LogP contribution in [0.25, 0.3) is 22.2 Å². The van der Waals surface area contributed by atoms with Gasteiger partial charge in [-0.15, -0.1) is 0 Å². The van der Waals surface area contributed by atoms with Gasteiger partial charge in [-0.3, -0.25) is 10.2 Å². The lowest BCUT2D eigenvalue weighted by atomic mass is 9.87. The number of fused-ring (bicyclic) bond motifs is 1. The molecule has 3 N–H and O–H groups in total. The Kier molecular flexibility index (Phi) is 9.74. The van der Waals surface area contributed by atoms with Crippen LogP contribution in [-0.4, -0.2) is 77.4 Å². The van der Waals surface area contributed by atoms with E-state index < -0.39 is 11.8 Å². The molecule has 1 unspecified atom stereocenters. The molecule has 9 nitrogen and oxygen atoms in total. The number of H-pyrrole nitrogens is 1. The molecule has 2 aromatic heterocycles. The van der Waals surface area contributed by atoms with E-state index in [0.29, 0.717) is 51.0 Å². The summed E-state index contributed by atoms with van der Waals surface area (Å²) in [7, 11) is 0. The standard InChI is InChI=1S/C32H43ClN4O5/c1-5-20-14-22(23-16-26-27(33)18-36-29(26)35-17-23)15-25(24(20)6-9-34-30(38)21-7-11-40-12-8-21)28-19-41-13-10-37(28)31(39)42-32(2,3)4/h14-18,21,28,30,34,38H,5-13,19H2,1-4H3,(H,35,36)/t28-,30?/m0/s1. The van der Waals surface area contributed by atoms with Crippen LogP contribution in [0.3, 0.4) is 0 Å². The molecule has 2 saturated heterocycles. The molecule has 10 heteroatoms. The van der Waals surface area contributed by atoms with E-state index in [4.69, 9.17) is 25.8 Å². The van der Waals surface area contributed by atoms with E-state index in [1.807, 2.05) is 33.0 Å². The summed E-state index contributed by atoms with van der Waals surface area (Å²) >= 11 is 6.43. The zero-order valence-corrected chi connectivity index (χ0v) is 25.8. The van der Waals surface area contributed by atoms with E-state index in [-0.39, 0.29) is 18.1 Å². The zero-order valence-electron chi connectivity index (χ0n) is 25.0. The van der Waals surface area contributed by atoms with Gasteiger partial charge >= 0.3 is 6.09 Å². The number of aliphatic hydroxyl groups is 1. The highest BCUT2D eigenvalue weighted by atomic mass is 35.5. The molecule has 0 saturated carbocycles. The fraction of sp³-hybridized carbons (Fsp3) is 0.562. The lowest BCUT2D eigenvalue weighted by Crippen LogP contribution is -2.46. The predicted molar refractivity (Wildman–Crippen MR) is 164 cm³/mol. The third kappa shape index (κ3) is 7.09. The molecule has 5 rings (SSSR count). The third-order valence-electron chi connectivity index (χ3n) is 8.13. The molecule has 228 valence electrons. The largest absolute Gasteiger partial charge is 0.444 e. The number of nitrogens with one attached hydrogen (secondary N) is 2. The number of pyridine rings is 1. The number of hydrogen-bond acceptors (Lipinski definition) is 7. The molecule has 2 atom stereocenters. The normalized spacial score (nSPS) is 19.3. The maximum atomic E-state index is 13.4. The van der Waals surface area contributed by atoms with Gasteiger partial charge in [-0.05, 0) is 80.8 Å². The van der Waals surface area contributed by atoms with Crippen molar-refractivity contribution in [3.8, 4) is 11.1 Å². The second-order valence-corrected chi connectivity index (χ2v) is 12.6. The summed E-state index contributed by atoms with van der Waals surface area (Å²) in [5.41, 5.74) is 5.44. The van der Waals surface area contributed by atoms with Crippen LogP contribution < -0.4 is 5.32 Å². The van der Waals surface area contributed by atoms with E-state index in [0.717, 1.165) is 52.5 Å². The fourth-order valence-electron chi connectivity index (χ4n) is 5.91. The van der Waals surface area contributed by atoms with Crippen molar-refractivity contribution in [3.05, 3.63) is 52.3 Å². The summed E-state index contributed by atoms with van der Waals surface area (Å²) in [6, 6.07) is 6.10. The highest BCUT2D eigenvalue weighted by Crippen LogP contribution is 2.36. The number of aryl methyl sites for hydroxylation is 1. The van der Waals surface area contributed by atoms with Gasteiger partial charge in [0.25, 0.3) is 0 Å². The summed E-state index contributed by atoms with van der Waals surface area (Å²) < 4.78 is 17.2. The average Bonchev–Trinajstić information content (AvgIpc) is 3.36. The van der Waals surface area contributed by atoms with Crippen LogP contribution in [0.5, 0.6) is 0 Å². The maximum absolute atomic E-state index is 13.4. The molecule has 3 aromatic rings. The van der Waals surface area contributed by atoms with E-state index in [1.165, 1.54) is 5.56 Å². The Hall–Kier alpha value is -2.69. The molecule has 42 heavy (non-hydrogen) atoms. The number of aromatic amines is 1. The van der Waals surface area contributed by atoms with Crippen LogP contribution in [0.2, 0.25) is 5.02 Å². The first-order valence-electron chi connectivity index (χ1n) is 15.0. The first kappa shape index (κ1) is 30.8. The molecule has 0 bridgehead atoms. The molecule has 2 aliphatic rings. The van der Waals surface area contributed by atoms with E-state index in [2.05, 4.69) is 34.3 Å². The average molecular weight is 599 g/mol. The number of morpholine rings is 1. The minimum absolute atomic E-state index is 0.184. The minimum Gasteiger partial charge on any atom is -0.444 e. The number of benzene rings is 1. The quantitative estimate of drug-likeness (QED) is 0.288. The SMILES string of the molecule is CCc1cc(-c2cnc3[nH]cc(Cl)c3c2)cc([C@@H]2COCCN2C(=O)OC(C)(C)C)c1CCNC(O)C1CCOCC1. The van der Waals surface area contributed by atoms with Gasteiger partial charge in [0.15, 0.2) is 0 Å². The number of aliphatic hydroxyl groups excluding tert-OH is 1. The van der Waals surface area contributed by atoms with Crippen molar-refractivity contribution in [3.63, 3.8) is 0 Å². The van der Waals surface area contributed by atoms with Gasteiger partial charge in [-0.1, -0.05) is 24.6 Å². The topological polar surface area (TPSA) is 109 Å². The molecule has 2 aliphatic heterocycles. The Morgan fingerprint density at radius 3 is 2.74 bits per heavy atom. The molecular weight excluding hydrogens is 556 g/mol. The minimum atomic E-state index is -0.611. The Morgan fingerprint density at radius 2 is 2.00 bits per heavy atom. The van der Waals surface area contributed by atoms with Crippen LogP contribution in [0.4, 0.5) is 4.79 Å². The number of amides is 1. The number of hydrogen-bond donors (Lipinski definition) is 3. The Bertz CT molecular complexity index is 1380. The summed E-state index contributed by atoms with van der Waals surface area (Å²) in [6.45, 7) is 11.0. The van der Waals surface area contributed by atoms with Crippen LogP contribution in [0.1, 0.15) is 63.3 Å². The zero-order chi connectivity index (χ0) is 29.9. The summed E-state index contributed by atoms with van der Waals surface area (Å²) in [5, 5.41) is 15.7. The Labute approximate surface area is 252 Å². The third-order valence-corrected chi connectivity index (χ3v) is 8.44. The Balaban J connectivity index is 1.51. The highest BCUT2D eigenvalue weighted by molar-refractivity contribution is 6.35. The molecule has 1 aromatic carbocycles. The van der Waals surface area contributed by atoms with Gasteiger partial charge in [0.1, 0.15) is 17.5 Å². The number of rotatable bonds is 8. The van der Waals surface area contributed by atoms with Gasteiger partial charge in [0.05, 0.1) is 24.3 Å². The van der Waals surface area contributed by atoms with Crippen molar-refractivity contribution in [2.45, 2.75) is 71.2 Å².